The van der Waals surface area contributed by atoms with E-state index in [-0.39, 0.29) is 46.7 Å². The summed E-state index contributed by atoms with van der Waals surface area (Å²) in [5.41, 5.74) is 0.334. The van der Waals surface area contributed by atoms with Gasteiger partial charge < -0.3 is 25.6 Å². The molecule has 2 saturated heterocycles. The molecule has 5 atom stereocenters. The molecule has 0 unspecified atom stereocenters. The number of hydrogen-bond acceptors (Lipinski definition) is 5. The highest BCUT2D eigenvalue weighted by Gasteiger charge is 2.50. The number of H-pyrrole nitrogens is 1. The number of halogens is 2. The number of alkyl halides is 2. The lowest BCUT2D eigenvalue weighted by Crippen LogP contribution is -2.53. The smallest absolute Gasteiger partial charge is 0.271 e. The largest absolute Gasteiger partial charge is 0.389 e. The summed E-state index contributed by atoms with van der Waals surface area (Å²) in [6, 6.07) is 4.07. The van der Waals surface area contributed by atoms with E-state index in [4.69, 9.17) is 0 Å². The van der Waals surface area contributed by atoms with E-state index < -0.39 is 42.2 Å². The number of aromatic amines is 1. The number of amides is 3. The predicted molar refractivity (Wildman–Crippen MR) is 138 cm³/mol. The number of hydrogen-bond donors (Lipinski definition) is 4. The molecule has 2 aromatic rings. The van der Waals surface area contributed by atoms with Gasteiger partial charge in [0.1, 0.15) is 18.3 Å². The molecule has 0 radical (unpaired) electrons. The van der Waals surface area contributed by atoms with Crippen molar-refractivity contribution in [3.05, 3.63) is 35.5 Å². The molecule has 0 bridgehead atoms. The molecule has 2 aliphatic heterocycles. The average Bonchev–Trinajstić information content (AvgIpc) is 3.68. The van der Waals surface area contributed by atoms with Crippen molar-refractivity contribution >= 4 is 34.4 Å². The van der Waals surface area contributed by atoms with Crippen molar-refractivity contribution in [2.24, 2.45) is 17.8 Å². The number of nitrogens with one attached hydrogen (secondary N) is 3. The fraction of sp³-hybridized carbons (Fsp3) is 0.571. The number of nitrogens with zero attached hydrogens (tertiary/aromatic N) is 1. The summed E-state index contributed by atoms with van der Waals surface area (Å²) >= 11 is 0. The van der Waals surface area contributed by atoms with Crippen molar-refractivity contribution in [3.8, 4) is 0 Å². The Labute approximate surface area is 224 Å². The Morgan fingerprint density at radius 2 is 2.03 bits per heavy atom. The van der Waals surface area contributed by atoms with Crippen molar-refractivity contribution in [1.29, 1.82) is 0 Å². The number of likely N-dealkylation sites (tertiary alicyclic amines) is 1. The zero-order valence-corrected chi connectivity index (χ0v) is 21.8. The summed E-state index contributed by atoms with van der Waals surface area (Å²) < 4.78 is 28.4. The topological polar surface area (TPSA) is 132 Å². The third-order valence-electron chi connectivity index (χ3n) is 8.61. The van der Waals surface area contributed by atoms with Crippen molar-refractivity contribution in [1.82, 2.24) is 20.5 Å². The number of benzene rings is 1. The Bertz CT molecular complexity index is 1290. The second kappa shape index (κ2) is 10.7. The van der Waals surface area contributed by atoms with E-state index in [1.807, 2.05) is 0 Å². The standard InChI is InChI=1S/C28H34F2N4O5/c1-28(29,30)19-6-3-7-20-18(19)12-22(32-20)27(39)34-13-16-4-2-5-17(16)24(34)26(38)33-21(23(36)14-35)9-8-15-10-11-31-25(15)37/h3,6-7,12,15-17,21,24,32,35H,2,4-5,8-11,13-14H2,1H3,(H,31,37)(H,33,38)/t15-,16+,17+,21+,24+/m1/s1. The van der Waals surface area contributed by atoms with Crippen LogP contribution in [-0.2, 0) is 20.3 Å². The number of fused-ring (bicyclic) bond motifs is 2. The molecule has 1 aromatic heterocycles. The van der Waals surface area contributed by atoms with Gasteiger partial charge in [-0.1, -0.05) is 18.6 Å². The number of Topliss-reactive ketones (excluding diaryl/α,β-unsaturated/α-hetero) is 1. The molecule has 0 spiro atoms. The highest BCUT2D eigenvalue weighted by atomic mass is 19.3. The molecule has 3 aliphatic rings. The first-order valence-corrected chi connectivity index (χ1v) is 13.6. The van der Waals surface area contributed by atoms with E-state index in [0.717, 1.165) is 26.2 Å². The highest BCUT2D eigenvalue weighted by molar-refractivity contribution is 6.02. The monoisotopic (exact) mass is 544 g/mol. The SMILES string of the molecule is CC(F)(F)c1cccc2[nH]c(C(=O)N3C[C@@H]4CCC[C@@H]4[C@H]3C(=O)N[C@@H](CC[C@@H]3CCNC3=O)C(=O)CO)cc12. The van der Waals surface area contributed by atoms with Crippen LogP contribution in [0, 0.1) is 17.8 Å². The van der Waals surface area contributed by atoms with Gasteiger partial charge >= 0.3 is 0 Å². The summed E-state index contributed by atoms with van der Waals surface area (Å²) in [4.78, 5) is 56.3. The number of carbonyl (C=O) groups excluding carboxylic acids is 4. The molecule has 4 N–H and O–H groups in total. The molecule has 3 amide bonds. The zero-order valence-electron chi connectivity index (χ0n) is 21.8. The quantitative estimate of drug-likeness (QED) is 0.385. The Hall–Kier alpha value is -3.34. The molecule has 3 heterocycles. The lowest BCUT2D eigenvalue weighted by atomic mass is 9.92. The molecule has 39 heavy (non-hydrogen) atoms. The number of carbonyl (C=O) groups is 4. The third kappa shape index (κ3) is 5.28. The summed E-state index contributed by atoms with van der Waals surface area (Å²) in [6.45, 7) is 0.985. The van der Waals surface area contributed by atoms with E-state index in [1.54, 1.807) is 6.07 Å². The molecule has 1 aliphatic carbocycles. The lowest BCUT2D eigenvalue weighted by molar-refractivity contribution is -0.132. The van der Waals surface area contributed by atoms with Gasteiger partial charge in [0, 0.05) is 42.4 Å². The first-order valence-electron chi connectivity index (χ1n) is 13.6. The molecule has 1 saturated carbocycles. The number of aliphatic hydroxyl groups excluding tert-OH is 1. The van der Waals surface area contributed by atoms with Crippen molar-refractivity contribution in [2.45, 2.75) is 63.5 Å². The maximum atomic E-state index is 14.2. The molecule has 1 aromatic carbocycles. The van der Waals surface area contributed by atoms with Crippen LogP contribution in [0.4, 0.5) is 8.78 Å². The minimum absolute atomic E-state index is 0.0831. The Balaban J connectivity index is 1.38. The minimum atomic E-state index is -3.09. The zero-order chi connectivity index (χ0) is 27.9. The summed E-state index contributed by atoms with van der Waals surface area (Å²) in [7, 11) is 0. The van der Waals surface area contributed by atoms with Gasteiger partial charge in [-0.3, -0.25) is 19.2 Å². The Morgan fingerprint density at radius 1 is 1.23 bits per heavy atom. The second-order valence-corrected chi connectivity index (χ2v) is 11.1. The number of rotatable bonds is 9. The van der Waals surface area contributed by atoms with Gasteiger partial charge in [0.25, 0.3) is 11.8 Å². The van der Waals surface area contributed by atoms with E-state index >= 15 is 0 Å². The van der Waals surface area contributed by atoms with Gasteiger partial charge in [-0.15, -0.1) is 0 Å². The van der Waals surface area contributed by atoms with E-state index in [1.165, 1.54) is 23.1 Å². The fourth-order valence-corrected chi connectivity index (χ4v) is 6.63. The molecule has 3 fully saturated rings. The van der Waals surface area contributed by atoms with E-state index in [9.17, 15) is 33.1 Å². The van der Waals surface area contributed by atoms with Crippen LogP contribution in [0.2, 0.25) is 0 Å². The predicted octanol–water partition coefficient (Wildman–Crippen LogP) is 2.48. The van der Waals surface area contributed by atoms with Gasteiger partial charge in [-0.2, -0.15) is 0 Å². The molecule has 11 heteroatoms. The summed E-state index contributed by atoms with van der Waals surface area (Å²) in [6.07, 6.45) is 3.80. The maximum Gasteiger partial charge on any atom is 0.271 e. The van der Waals surface area contributed by atoms with Gasteiger partial charge in [0.15, 0.2) is 5.78 Å². The fourth-order valence-electron chi connectivity index (χ4n) is 6.63. The number of aliphatic hydroxyl groups is 1. The van der Waals surface area contributed by atoms with Gasteiger partial charge in [0.05, 0.1) is 6.04 Å². The molecule has 210 valence electrons. The third-order valence-corrected chi connectivity index (χ3v) is 8.61. The van der Waals surface area contributed by atoms with Crippen LogP contribution in [0.1, 0.15) is 61.5 Å². The van der Waals surface area contributed by atoms with Crippen LogP contribution in [0.15, 0.2) is 24.3 Å². The highest BCUT2D eigenvalue weighted by Crippen LogP contribution is 2.43. The van der Waals surface area contributed by atoms with Crippen LogP contribution in [-0.4, -0.2) is 70.3 Å². The van der Waals surface area contributed by atoms with Crippen molar-refractivity contribution in [3.63, 3.8) is 0 Å². The number of ketones is 1. The van der Waals surface area contributed by atoms with Crippen LogP contribution in [0.3, 0.4) is 0 Å². The average molecular weight is 545 g/mol. The van der Waals surface area contributed by atoms with Crippen molar-refractivity contribution in [2.75, 3.05) is 19.7 Å². The van der Waals surface area contributed by atoms with Crippen LogP contribution < -0.4 is 10.6 Å². The van der Waals surface area contributed by atoms with Crippen LogP contribution in [0.25, 0.3) is 10.9 Å². The molecular formula is C28H34F2N4O5. The minimum Gasteiger partial charge on any atom is -0.389 e. The molecule has 5 rings (SSSR count). The van der Waals surface area contributed by atoms with Crippen LogP contribution >= 0.6 is 0 Å². The van der Waals surface area contributed by atoms with Gasteiger partial charge in [-0.05, 0) is 56.1 Å². The summed E-state index contributed by atoms with van der Waals surface area (Å²) in [5, 5.41) is 15.3. The molecule has 9 nitrogen and oxygen atoms in total. The Morgan fingerprint density at radius 3 is 2.72 bits per heavy atom. The molecular weight excluding hydrogens is 510 g/mol. The first-order chi connectivity index (χ1) is 18.6. The van der Waals surface area contributed by atoms with E-state index in [0.29, 0.717) is 31.4 Å². The second-order valence-electron chi connectivity index (χ2n) is 11.1. The van der Waals surface area contributed by atoms with Gasteiger partial charge in [-0.25, -0.2) is 8.78 Å². The maximum absolute atomic E-state index is 14.2. The number of aromatic nitrogens is 1. The van der Waals surface area contributed by atoms with Crippen molar-refractivity contribution < 1.29 is 33.1 Å². The Kier molecular flexibility index (Phi) is 7.45. The first kappa shape index (κ1) is 27.2. The normalized spacial score (nSPS) is 25.5. The van der Waals surface area contributed by atoms with Gasteiger partial charge in [0.2, 0.25) is 11.8 Å². The van der Waals surface area contributed by atoms with E-state index in [2.05, 4.69) is 15.6 Å². The summed E-state index contributed by atoms with van der Waals surface area (Å²) in [5.74, 6) is -4.87. The lowest BCUT2D eigenvalue weighted by Gasteiger charge is -2.28. The van der Waals surface area contributed by atoms with Crippen LogP contribution in [0.5, 0.6) is 0 Å².